The van der Waals surface area contributed by atoms with Crippen molar-refractivity contribution in [1.82, 2.24) is 0 Å². The predicted octanol–water partition coefficient (Wildman–Crippen LogP) is 3.76. The molecule has 9 heteroatoms. The summed E-state index contributed by atoms with van der Waals surface area (Å²) in [5.41, 5.74) is 0.561. The molecule has 0 aromatic heterocycles. The third-order valence-electron chi connectivity index (χ3n) is 3.36. The second-order valence-electron chi connectivity index (χ2n) is 5.54. The van der Waals surface area contributed by atoms with E-state index in [-0.39, 0.29) is 10.9 Å². The first kappa shape index (κ1) is 20.3. The lowest BCUT2D eigenvalue weighted by atomic mass is 10.2. The van der Waals surface area contributed by atoms with Gasteiger partial charge in [0.1, 0.15) is 0 Å². The highest BCUT2D eigenvalue weighted by atomic mass is 35.5. The summed E-state index contributed by atoms with van der Waals surface area (Å²) in [6.07, 6.45) is -1.23. The lowest BCUT2D eigenvalue weighted by Gasteiger charge is -2.14. The Morgan fingerprint density at radius 3 is 2.07 bits per heavy atom. The van der Waals surface area contributed by atoms with Crippen LogP contribution >= 0.6 is 11.6 Å². The van der Waals surface area contributed by atoms with Crippen molar-refractivity contribution in [2.75, 3.05) is 10.6 Å². The fraction of sp³-hybridized carbons (Fsp3) is 0.167. The average molecular weight is 397 g/mol. The van der Waals surface area contributed by atoms with Gasteiger partial charge in [-0.3, -0.25) is 9.59 Å². The van der Waals surface area contributed by atoms with Crippen LogP contribution in [-0.2, 0) is 14.3 Å². The van der Waals surface area contributed by atoms with Gasteiger partial charge in [-0.15, -0.1) is 0 Å². The molecule has 2 amide bonds. The second-order valence-corrected chi connectivity index (χ2v) is 5.95. The number of carbonyl (C=O) groups excluding carboxylic acids is 3. The van der Waals surface area contributed by atoms with Crippen LogP contribution in [0.25, 0.3) is 0 Å². The van der Waals surface area contributed by atoms with Gasteiger partial charge in [0.25, 0.3) is 5.91 Å². The van der Waals surface area contributed by atoms with Crippen molar-refractivity contribution in [1.29, 1.82) is 0 Å². The minimum Gasteiger partial charge on any atom is -0.449 e. The number of carbonyl (C=O) groups is 3. The van der Waals surface area contributed by atoms with Crippen molar-refractivity contribution in [3.8, 4) is 0 Å². The summed E-state index contributed by atoms with van der Waals surface area (Å²) in [5.74, 6) is -4.41. The molecule has 0 fully saturated rings. The summed E-state index contributed by atoms with van der Waals surface area (Å²) >= 11 is 5.70. The number of benzene rings is 2. The van der Waals surface area contributed by atoms with Gasteiger partial charge in [0.15, 0.2) is 17.7 Å². The van der Waals surface area contributed by atoms with E-state index >= 15 is 0 Å². The molecule has 0 radical (unpaired) electrons. The van der Waals surface area contributed by atoms with Crippen molar-refractivity contribution in [3.05, 3.63) is 58.6 Å². The van der Waals surface area contributed by atoms with Gasteiger partial charge in [0, 0.05) is 18.3 Å². The van der Waals surface area contributed by atoms with Gasteiger partial charge in [-0.05, 0) is 43.3 Å². The van der Waals surface area contributed by atoms with E-state index in [1.165, 1.54) is 13.8 Å². The minimum atomic E-state index is -1.26. The quantitative estimate of drug-likeness (QED) is 0.595. The Balaban J connectivity index is 2.00. The highest BCUT2D eigenvalue weighted by molar-refractivity contribution is 6.33. The molecule has 0 aliphatic heterocycles. The van der Waals surface area contributed by atoms with Gasteiger partial charge in [0.05, 0.1) is 10.6 Å². The molecular weight excluding hydrogens is 382 g/mol. The molecule has 27 heavy (non-hydrogen) atoms. The second kappa shape index (κ2) is 8.59. The number of rotatable bonds is 5. The van der Waals surface area contributed by atoms with Gasteiger partial charge in [-0.25, -0.2) is 13.6 Å². The van der Waals surface area contributed by atoms with Crippen LogP contribution in [0.2, 0.25) is 5.02 Å². The zero-order valence-electron chi connectivity index (χ0n) is 14.3. The van der Waals surface area contributed by atoms with E-state index in [9.17, 15) is 23.2 Å². The van der Waals surface area contributed by atoms with Crippen LogP contribution in [0.1, 0.15) is 24.2 Å². The van der Waals surface area contributed by atoms with E-state index in [2.05, 4.69) is 10.6 Å². The number of amides is 2. The summed E-state index contributed by atoms with van der Waals surface area (Å²) < 4.78 is 31.3. The predicted molar refractivity (Wildman–Crippen MR) is 95.6 cm³/mol. The van der Waals surface area contributed by atoms with E-state index in [0.29, 0.717) is 23.5 Å². The Morgan fingerprint density at radius 2 is 1.52 bits per heavy atom. The molecule has 0 unspecified atom stereocenters. The molecule has 2 aromatic carbocycles. The first-order valence-corrected chi connectivity index (χ1v) is 8.09. The largest absolute Gasteiger partial charge is 0.449 e. The summed E-state index contributed by atoms with van der Waals surface area (Å²) in [4.78, 5) is 35.1. The van der Waals surface area contributed by atoms with Crippen molar-refractivity contribution >= 4 is 40.8 Å². The first-order chi connectivity index (χ1) is 12.7. The molecular formula is C18H15ClF2N2O4. The third kappa shape index (κ3) is 5.49. The molecule has 0 heterocycles. The van der Waals surface area contributed by atoms with Crippen LogP contribution in [-0.4, -0.2) is 23.9 Å². The van der Waals surface area contributed by atoms with E-state index in [0.717, 1.165) is 0 Å². The van der Waals surface area contributed by atoms with Crippen molar-refractivity contribution in [2.24, 2.45) is 0 Å². The van der Waals surface area contributed by atoms with Gasteiger partial charge in [-0.2, -0.15) is 0 Å². The highest BCUT2D eigenvalue weighted by Crippen LogP contribution is 2.21. The van der Waals surface area contributed by atoms with Crippen molar-refractivity contribution < 1.29 is 27.9 Å². The smallest absolute Gasteiger partial charge is 0.340 e. The lowest BCUT2D eigenvalue weighted by Crippen LogP contribution is -2.30. The number of halogens is 3. The Morgan fingerprint density at radius 1 is 1.00 bits per heavy atom. The molecule has 0 saturated carbocycles. The number of hydrogen-bond acceptors (Lipinski definition) is 4. The molecule has 6 nitrogen and oxygen atoms in total. The van der Waals surface area contributed by atoms with Gasteiger partial charge >= 0.3 is 5.97 Å². The van der Waals surface area contributed by atoms with Crippen LogP contribution in [0.3, 0.4) is 0 Å². The summed E-state index contributed by atoms with van der Waals surface area (Å²) in [7, 11) is 0. The number of ether oxygens (including phenoxy) is 1. The Bertz CT molecular complexity index is 888. The van der Waals surface area contributed by atoms with E-state index in [1.54, 1.807) is 24.3 Å². The van der Waals surface area contributed by atoms with Crippen LogP contribution in [0.15, 0.2) is 36.4 Å². The number of esters is 1. The van der Waals surface area contributed by atoms with Crippen LogP contribution in [0.5, 0.6) is 0 Å². The summed E-state index contributed by atoms with van der Waals surface area (Å²) in [6.45, 7) is 2.68. The molecule has 142 valence electrons. The third-order valence-corrected chi connectivity index (χ3v) is 3.67. The van der Waals surface area contributed by atoms with Crippen LogP contribution < -0.4 is 10.6 Å². The maximum absolute atomic E-state index is 13.3. The fourth-order valence-corrected chi connectivity index (χ4v) is 2.27. The first-order valence-electron chi connectivity index (χ1n) is 7.71. The molecule has 0 aliphatic carbocycles. The Hall–Kier alpha value is -3.00. The van der Waals surface area contributed by atoms with Crippen molar-refractivity contribution in [3.63, 3.8) is 0 Å². The minimum absolute atomic E-state index is 0.233. The standard InChI is InChI=1S/C18H15ClF2N2O4/c1-9(27-18(26)13-7-15(20)16(21)8-14(13)19)17(25)23-12-5-3-11(4-6-12)22-10(2)24/h3-9H,1-2H3,(H,22,24)(H,23,25)/t9-/m1/s1. The average Bonchev–Trinajstić information content (AvgIpc) is 2.59. The number of hydrogen-bond donors (Lipinski definition) is 2. The number of nitrogens with one attached hydrogen (secondary N) is 2. The molecule has 0 bridgehead atoms. The van der Waals surface area contributed by atoms with E-state index in [1.807, 2.05) is 0 Å². The molecule has 2 rings (SSSR count). The summed E-state index contributed by atoms with van der Waals surface area (Å²) in [5, 5.41) is 4.76. The maximum Gasteiger partial charge on any atom is 0.340 e. The lowest BCUT2D eigenvalue weighted by molar-refractivity contribution is -0.123. The summed E-state index contributed by atoms with van der Waals surface area (Å²) in [6, 6.07) is 7.50. The van der Waals surface area contributed by atoms with Gasteiger partial charge < -0.3 is 15.4 Å². The molecule has 0 spiro atoms. The maximum atomic E-state index is 13.3. The molecule has 0 aliphatic rings. The van der Waals surface area contributed by atoms with Crippen molar-refractivity contribution in [2.45, 2.75) is 20.0 Å². The Kier molecular flexibility index (Phi) is 6.46. The van der Waals surface area contributed by atoms with Crippen LogP contribution in [0, 0.1) is 11.6 Å². The zero-order valence-corrected chi connectivity index (χ0v) is 15.1. The van der Waals surface area contributed by atoms with Gasteiger partial charge in [0.2, 0.25) is 5.91 Å². The molecule has 0 saturated heterocycles. The topological polar surface area (TPSA) is 84.5 Å². The zero-order chi connectivity index (χ0) is 20.1. The van der Waals surface area contributed by atoms with Crippen LogP contribution in [0.4, 0.5) is 20.2 Å². The molecule has 2 aromatic rings. The molecule has 2 N–H and O–H groups in total. The van der Waals surface area contributed by atoms with Gasteiger partial charge in [-0.1, -0.05) is 11.6 Å². The van der Waals surface area contributed by atoms with E-state index in [4.69, 9.17) is 16.3 Å². The number of anilines is 2. The highest BCUT2D eigenvalue weighted by Gasteiger charge is 2.22. The monoisotopic (exact) mass is 396 g/mol. The SMILES string of the molecule is CC(=O)Nc1ccc(NC(=O)[C@@H](C)OC(=O)c2cc(F)c(F)cc2Cl)cc1. The molecule has 1 atom stereocenters. The Labute approximate surface area is 158 Å². The van der Waals surface area contributed by atoms with E-state index < -0.39 is 35.2 Å². The fourth-order valence-electron chi connectivity index (χ4n) is 2.04. The normalized spacial score (nSPS) is 11.4.